The van der Waals surface area contributed by atoms with Crippen LogP contribution in [0.15, 0.2) is 23.3 Å². The molecule has 1 aliphatic carbocycles. The third-order valence-electron chi connectivity index (χ3n) is 7.28. The Balaban J connectivity index is 3.04. The molecular weight excluding hydrogens is 384 g/mol. The predicted molar refractivity (Wildman–Crippen MR) is 132 cm³/mol. The Hall–Kier alpha value is -1.55. The SMILES string of the molecule is CO[C@H](C#C/C=C\C#C[Si](C(C)C)(C(C)C)C(C)C)[C@@H]1CCC(C)=C(C=O)C1(C)C. The second kappa shape index (κ2) is 11.2. The predicted octanol–water partition coefficient (Wildman–Crippen LogP) is 6.73. The van der Waals surface area contributed by atoms with Crippen LogP contribution < -0.4 is 0 Å². The number of hydrogen-bond donors (Lipinski definition) is 0. The Morgan fingerprint density at radius 3 is 2.03 bits per heavy atom. The van der Waals surface area contributed by atoms with Gasteiger partial charge in [0.2, 0.25) is 0 Å². The summed E-state index contributed by atoms with van der Waals surface area (Å²) in [6, 6.07) is 0. The van der Waals surface area contributed by atoms with Gasteiger partial charge in [0.15, 0.2) is 0 Å². The van der Waals surface area contributed by atoms with E-state index in [9.17, 15) is 4.79 Å². The Kier molecular flexibility index (Phi) is 9.86. The fraction of sp³-hybridized carbons (Fsp3) is 0.667. The summed E-state index contributed by atoms with van der Waals surface area (Å²) < 4.78 is 5.73. The number of ether oxygens (including phenoxy) is 1. The van der Waals surface area contributed by atoms with Gasteiger partial charge in [-0.1, -0.05) is 78.7 Å². The van der Waals surface area contributed by atoms with Crippen molar-refractivity contribution in [3.63, 3.8) is 0 Å². The minimum absolute atomic E-state index is 0.196. The average molecular weight is 427 g/mol. The zero-order chi connectivity index (χ0) is 23.1. The smallest absolute Gasteiger partial charge is 0.146 e. The number of rotatable bonds is 6. The van der Waals surface area contributed by atoms with Crippen LogP contribution >= 0.6 is 0 Å². The monoisotopic (exact) mass is 426 g/mol. The molecule has 2 nitrogen and oxygen atoms in total. The lowest BCUT2D eigenvalue weighted by atomic mass is 9.64. The van der Waals surface area contributed by atoms with E-state index in [4.69, 9.17) is 4.74 Å². The van der Waals surface area contributed by atoms with Gasteiger partial charge in [-0.2, -0.15) is 0 Å². The molecule has 0 aromatic heterocycles. The van der Waals surface area contributed by atoms with Gasteiger partial charge >= 0.3 is 0 Å². The fourth-order valence-corrected chi connectivity index (χ4v) is 10.7. The van der Waals surface area contributed by atoms with E-state index < -0.39 is 8.07 Å². The van der Waals surface area contributed by atoms with E-state index in [2.05, 4.69) is 85.6 Å². The Labute approximate surface area is 186 Å². The molecule has 0 saturated heterocycles. The molecule has 0 aromatic rings. The second-order valence-electron chi connectivity index (χ2n) is 10.1. The van der Waals surface area contributed by atoms with Crippen LogP contribution in [0.2, 0.25) is 16.6 Å². The van der Waals surface area contributed by atoms with Crippen LogP contribution in [0.3, 0.4) is 0 Å². The van der Waals surface area contributed by atoms with Gasteiger partial charge in [0.1, 0.15) is 20.5 Å². The molecule has 0 fully saturated rings. The first kappa shape index (κ1) is 26.5. The molecule has 0 amide bonds. The van der Waals surface area contributed by atoms with E-state index in [-0.39, 0.29) is 17.4 Å². The van der Waals surface area contributed by atoms with Gasteiger partial charge in [0, 0.05) is 13.0 Å². The van der Waals surface area contributed by atoms with Crippen molar-refractivity contribution in [3.05, 3.63) is 23.3 Å². The lowest BCUT2D eigenvalue weighted by molar-refractivity contribution is -0.106. The van der Waals surface area contributed by atoms with Crippen molar-refractivity contribution in [2.24, 2.45) is 11.3 Å². The second-order valence-corrected chi connectivity index (χ2v) is 15.7. The standard InChI is InChI=1S/C27H42O2Si/c1-20(2)30(21(3)4,22(5)6)18-14-12-11-13-15-26(29-10)24-17-16-23(7)25(19-28)27(24,8)9/h11-12,19-22,24,26H,16-17H2,1-10H3/b12-11-/t24-,26+/m0/s1. The van der Waals surface area contributed by atoms with Crippen LogP contribution in [-0.4, -0.2) is 27.6 Å². The van der Waals surface area contributed by atoms with Crippen LogP contribution in [0.25, 0.3) is 0 Å². The van der Waals surface area contributed by atoms with Gasteiger partial charge in [-0.3, -0.25) is 4.79 Å². The summed E-state index contributed by atoms with van der Waals surface area (Å²) in [7, 11) is 0.00270. The van der Waals surface area contributed by atoms with Crippen LogP contribution in [0.1, 0.15) is 75.2 Å². The molecule has 0 radical (unpaired) electrons. The molecule has 0 aliphatic heterocycles. The number of carbonyl (C=O) groups excluding carboxylic acids is 1. The van der Waals surface area contributed by atoms with Crippen molar-refractivity contribution in [3.8, 4) is 23.3 Å². The molecule has 1 rings (SSSR count). The summed E-state index contributed by atoms with van der Waals surface area (Å²) in [5.41, 5.74) is 7.42. The van der Waals surface area contributed by atoms with Crippen molar-refractivity contribution in [1.29, 1.82) is 0 Å². The average Bonchev–Trinajstić information content (AvgIpc) is 2.64. The summed E-state index contributed by atoms with van der Waals surface area (Å²) >= 11 is 0. The molecule has 0 aromatic carbocycles. The largest absolute Gasteiger partial charge is 0.368 e. The summed E-state index contributed by atoms with van der Waals surface area (Å²) in [6.45, 7) is 20.3. The molecule has 0 heterocycles. The molecule has 0 saturated carbocycles. The Bertz CT molecular complexity index is 753. The molecule has 30 heavy (non-hydrogen) atoms. The maximum Gasteiger partial charge on any atom is 0.146 e. The highest BCUT2D eigenvalue weighted by molar-refractivity contribution is 6.90. The molecule has 1 aliphatic rings. The van der Waals surface area contributed by atoms with Gasteiger partial charge in [-0.05, 0) is 59.5 Å². The zero-order valence-corrected chi connectivity index (χ0v) is 21.8. The highest BCUT2D eigenvalue weighted by Gasteiger charge is 2.42. The van der Waals surface area contributed by atoms with Crippen molar-refractivity contribution in [1.82, 2.24) is 0 Å². The Morgan fingerprint density at radius 1 is 1.03 bits per heavy atom. The third-order valence-corrected chi connectivity index (χ3v) is 13.6. The van der Waals surface area contributed by atoms with E-state index in [1.165, 1.54) is 5.57 Å². The van der Waals surface area contributed by atoms with Crippen LogP contribution in [0, 0.1) is 34.6 Å². The molecular formula is C27H42O2Si. The molecule has 0 spiro atoms. The number of allylic oxidation sites excluding steroid dienone is 4. The lowest BCUT2D eigenvalue weighted by Gasteiger charge is -2.41. The summed E-state index contributed by atoms with van der Waals surface area (Å²) in [5, 5.41) is 0. The van der Waals surface area contributed by atoms with Crippen molar-refractivity contribution < 1.29 is 9.53 Å². The molecule has 2 atom stereocenters. The molecule has 3 heteroatoms. The van der Waals surface area contributed by atoms with E-state index in [1.54, 1.807) is 7.11 Å². The van der Waals surface area contributed by atoms with Gasteiger partial charge in [0.05, 0.1) is 0 Å². The van der Waals surface area contributed by atoms with Crippen LogP contribution in [0.5, 0.6) is 0 Å². The normalized spacial score (nSPS) is 20.2. The van der Waals surface area contributed by atoms with Crippen LogP contribution in [-0.2, 0) is 9.53 Å². The quantitative estimate of drug-likeness (QED) is 0.267. The van der Waals surface area contributed by atoms with Crippen LogP contribution in [0.4, 0.5) is 0 Å². The number of hydrogen-bond acceptors (Lipinski definition) is 2. The fourth-order valence-electron chi connectivity index (χ4n) is 5.54. The van der Waals surface area contributed by atoms with E-state index >= 15 is 0 Å². The van der Waals surface area contributed by atoms with E-state index in [0.717, 1.165) is 24.7 Å². The van der Waals surface area contributed by atoms with Crippen molar-refractivity contribution >= 4 is 14.4 Å². The van der Waals surface area contributed by atoms with Gasteiger partial charge in [0.25, 0.3) is 0 Å². The summed E-state index contributed by atoms with van der Waals surface area (Å²) in [4.78, 5) is 11.6. The molecule has 0 N–H and O–H groups in total. The topological polar surface area (TPSA) is 26.3 Å². The first-order valence-electron chi connectivity index (χ1n) is 11.3. The summed E-state index contributed by atoms with van der Waals surface area (Å²) in [5.74, 6) is 9.92. The van der Waals surface area contributed by atoms with Gasteiger partial charge in [-0.25, -0.2) is 0 Å². The first-order chi connectivity index (χ1) is 14.0. The molecule has 0 bridgehead atoms. The van der Waals surface area contributed by atoms with Gasteiger partial charge < -0.3 is 4.74 Å². The molecule has 0 unspecified atom stereocenters. The lowest BCUT2D eigenvalue weighted by Crippen LogP contribution is -2.43. The summed E-state index contributed by atoms with van der Waals surface area (Å²) in [6.07, 6.45) is 6.47. The highest BCUT2D eigenvalue weighted by atomic mass is 28.3. The van der Waals surface area contributed by atoms with Crippen molar-refractivity contribution in [2.75, 3.05) is 7.11 Å². The third kappa shape index (κ3) is 5.57. The number of carbonyl (C=O) groups is 1. The molecule has 166 valence electrons. The minimum atomic E-state index is -1.70. The zero-order valence-electron chi connectivity index (χ0n) is 20.8. The van der Waals surface area contributed by atoms with E-state index in [0.29, 0.717) is 16.6 Å². The number of aldehydes is 1. The maximum absolute atomic E-state index is 11.6. The van der Waals surface area contributed by atoms with E-state index in [1.807, 2.05) is 12.2 Å². The highest BCUT2D eigenvalue weighted by Crippen LogP contribution is 2.45. The first-order valence-corrected chi connectivity index (χ1v) is 13.6. The Morgan fingerprint density at radius 2 is 1.57 bits per heavy atom. The van der Waals surface area contributed by atoms with Gasteiger partial charge in [-0.15, -0.1) is 5.54 Å². The minimum Gasteiger partial charge on any atom is -0.368 e. The maximum atomic E-state index is 11.6. The van der Waals surface area contributed by atoms with Crippen molar-refractivity contribution in [2.45, 2.75) is 97.9 Å². The number of methoxy groups -OCH3 is 1.